The fourth-order valence-corrected chi connectivity index (χ4v) is 4.01. The summed E-state index contributed by atoms with van der Waals surface area (Å²) in [4.78, 5) is 43.9. The van der Waals surface area contributed by atoms with Crippen LogP contribution in [0.3, 0.4) is 0 Å². The fourth-order valence-electron chi connectivity index (χ4n) is 4.01. The number of rotatable bonds is 3. The molecule has 1 aromatic heterocycles. The van der Waals surface area contributed by atoms with E-state index < -0.39 is 23.5 Å². The Balaban J connectivity index is 1.70. The number of carbonyl (C=O) groups is 3. The summed E-state index contributed by atoms with van der Waals surface area (Å²) >= 11 is 0. The lowest BCUT2D eigenvalue weighted by Crippen LogP contribution is -2.48. The van der Waals surface area contributed by atoms with Gasteiger partial charge in [-0.15, -0.1) is 0 Å². The fraction of sp³-hybridized carbons (Fsp3) is 0.440. The molecule has 1 aliphatic rings. The maximum absolute atomic E-state index is 13.1. The number of ether oxygens (including phenoxy) is 1. The molecule has 0 bridgehead atoms. The van der Waals surface area contributed by atoms with Crippen molar-refractivity contribution in [2.24, 2.45) is 0 Å². The molecule has 33 heavy (non-hydrogen) atoms. The molecule has 0 radical (unpaired) electrons. The molecular formula is C25H32N4O4. The van der Waals surface area contributed by atoms with Crippen LogP contribution in [0.15, 0.2) is 42.6 Å². The van der Waals surface area contributed by atoms with Gasteiger partial charge in [-0.05, 0) is 71.1 Å². The monoisotopic (exact) mass is 452 g/mol. The van der Waals surface area contributed by atoms with E-state index in [1.54, 1.807) is 38.7 Å². The molecule has 0 aliphatic carbocycles. The number of aryl methyl sites for hydroxylation is 1. The molecule has 1 aliphatic heterocycles. The van der Waals surface area contributed by atoms with Crippen LogP contribution in [-0.4, -0.2) is 39.4 Å². The molecule has 8 heteroatoms. The zero-order chi connectivity index (χ0) is 24.2. The zero-order valence-corrected chi connectivity index (χ0v) is 19.8. The molecule has 3 rings (SSSR count). The topological polar surface area (TPSA) is 101 Å². The van der Waals surface area contributed by atoms with E-state index in [1.807, 2.05) is 37.3 Å². The Morgan fingerprint density at radius 1 is 1.09 bits per heavy atom. The molecule has 2 N–H and O–H groups in total. The maximum atomic E-state index is 13.1. The first-order valence-electron chi connectivity index (χ1n) is 11.2. The first-order valence-corrected chi connectivity index (χ1v) is 11.2. The number of pyridine rings is 1. The quantitative estimate of drug-likeness (QED) is 0.651. The second kappa shape index (κ2) is 10.0. The molecule has 8 nitrogen and oxygen atoms in total. The van der Waals surface area contributed by atoms with Gasteiger partial charge in [0.25, 0.3) is 0 Å². The van der Waals surface area contributed by atoms with Gasteiger partial charge >= 0.3 is 17.9 Å². The van der Waals surface area contributed by atoms with Crippen LogP contribution < -0.4 is 10.6 Å². The predicted octanol–water partition coefficient (Wildman–Crippen LogP) is 4.82. The first kappa shape index (κ1) is 24.2. The maximum Gasteiger partial charge on any atom is 0.413 e. The van der Waals surface area contributed by atoms with E-state index in [4.69, 9.17) is 4.74 Å². The molecule has 176 valence electrons. The summed E-state index contributed by atoms with van der Waals surface area (Å²) in [5.74, 6) is -0.953. The Bertz CT molecular complexity index is 1020. The molecule has 0 saturated carbocycles. The number of piperidine rings is 1. The number of benzene rings is 1. The predicted molar refractivity (Wildman–Crippen MR) is 127 cm³/mol. The van der Waals surface area contributed by atoms with Crippen molar-refractivity contribution in [3.05, 3.63) is 53.7 Å². The number of nitrogens with zero attached hydrogens (tertiary/aromatic N) is 2. The van der Waals surface area contributed by atoms with Crippen molar-refractivity contribution in [3.8, 4) is 0 Å². The average molecular weight is 453 g/mol. The van der Waals surface area contributed by atoms with Crippen molar-refractivity contribution in [1.82, 2.24) is 9.88 Å². The number of amides is 3. The Labute approximate surface area is 194 Å². The smallest absolute Gasteiger partial charge is 0.413 e. The lowest BCUT2D eigenvalue weighted by Gasteiger charge is -2.40. The van der Waals surface area contributed by atoms with Crippen LogP contribution in [0.5, 0.6) is 0 Å². The molecule has 1 aromatic carbocycles. The number of aromatic nitrogens is 1. The van der Waals surface area contributed by atoms with Gasteiger partial charge in [0.2, 0.25) is 0 Å². The van der Waals surface area contributed by atoms with E-state index in [1.165, 1.54) is 6.20 Å². The van der Waals surface area contributed by atoms with Crippen molar-refractivity contribution < 1.29 is 19.1 Å². The Hall–Kier alpha value is -3.42. The van der Waals surface area contributed by atoms with Crippen molar-refractivity contribution in [2.75, 3.05) is 10.6 Å². The number of carbonyl (C=O) groups excluding carboxylic acids is 3. The van der Waals surface area contributed by atoms with E-state index in [0.717, 1.165) is 24.8 Å². The van der Waals surface area contributed by atoms with Gasteiger partial charge in [-0.3, -0.25) is 14.9 Å². The van der Waals surface area contributed by atoms with Gasteiger partial charge in [0, 0.05) is 6.04 Å². The second-order valence-electron chi connectivity index (χ2n) is 9.39. The highest BCUT2D eigenvalue weighted by Gasteiger charge is 2.36. The highest BCUT2D eigenvalue weighted by Crippen LogP contribution is 2.34. The average Bonchev–Trinajstić information content (AvgIpc) is 2.74. The van der Waals surface area contributed by atoms with E-state index >= 15 is 0 Å². The van der Waals surface area contributed by atoms with Crippen LogP contribution >= 0.6 is 0 Å². The highest BCUT2D eigenvalue weighted by atomic mass is 16.6. The number of anilines is 2. The van der Waals surface area contributed by atoms with Gasteiger partial charge in [0.1, 0.15) is 11.4 Å². The van der Waals surface area contributed by atoms with E-state index in [2.05, 4.69) is 15.6 Å². The van der Waals surface area contributed by atoms with Gasteiger partial charge in [-0.25, -0.2) is 9.78 Å². The Morgan fingerprint density at radius 3 is 2.42 bits per heavy atom. The van der Waals surface area contributed by atoms with Gasteiger partial charge in [-0.2, -0.15) is 0 Å². The Morgan fingerprint density at radius 2 is 1.79 bits per heavy atom. The van der Waals surface area contributed by atoms with Crippen LogP contribution in [-0.2, 0) is 14.3 Å². The van der Waals surface area contributed by atoms with Crippen molar-refractivity contribution >= 4 is 29.4 Å². The van der Waals surface area contributed by atoms with Crippen molar-refractivity contribution in [3.63, 3.8) is 0 Å². The van der Waals surface area contributed by atoms with Crippen LogP contribution in [0.1, 0.15) is 64.1 Å². The standard InChI is InChI=1S/C25H32N4O4/c1-16-14-19(15-26-21(16)28-24(32)33-25(3,4)5)27-22(30)23(31)29-17(2)10-9-13-20(29)18-11-7-6-8-12-18/h6-8,11-12,14-15,17,20H,9-10,13H2,1-5H3,(H,27,30)(H,26,28,32)/t17-,20-/m0/s1. The molecule has 2 atom stereocenters. The molecule has 0 spiro atoms. The number of likely N-dealkylation sites (tertiary alicyclic amines) is 1. The summed E-state index contributed by atoms with van der Waals surface area (Å²) in [5.41, 5.74) is 1.40. The largest absolute Gasteiger partial charge is 0.444 e. The van der Waals surface area contributed by atoms with Gasteiger partial charge in [0.15, 0.2) is 0 Å². The SMILES string of the molecule is Cc1cc(NC(=O)C(=O)N2[C@@H](C)CCC[C@H]2c2ccccc2)cnc1NC(=O)OC(C)(C)C. The third-order valence-corrected chi connectivity index (χ3v) is 5.48. The normalized spacial score (nSPS) is 18.4. The van der Waals surface area contributed by atoms with Gasteiger partial charge < -0.3 is 15.0 Å². The van der Waals surface area contributed by atoms with Gasteiger partial charge in [-0.1, -0.05) is 30.3 Å². The lowest BCUT2D eigenvalue weighted by atomic mass is 9.91. The minimum atomic E-state index is -0.710. The molecule has 0 unspecified atom stereocenters. The number of nitrogens with one attached hydrogen (secondary N) is 2. The molecule has 2 heterocycles. The summed E-state index contributed by atoms with van der Waals surface area (Å²) < 4.78 is 5.24. The summed E-state index contributed by atoms with van der Waals surface area (Å²) in [6.45, 7) is 9.04. The van der Waals surface area contributed by atoms with Crippen LogP contribution in [0, 0.1) is 6.92 Å². The lowest BCUT2D eigenvalue weighted by molar-refractivity contribution is -0.148. The second-order valence-corrected chi connectivity index (χ2v) is 9.39. The van der Waals surface area contributed by atoms with Crippen LogP contribution in [0.25, 0.3) is 0 Å². The molecular weight excluding hydrogens is 420 g/mol. The van der Waals surface area contributed by atoms with Crippen LogP contribution in [0.4, 0.5) is 16.3 Å². The van der Waals surface area contributed by atoms with E-state index in [-0.39, 0.29) is 12.1 Å². The molecule has 3 amide bonds. The summed E-state index contributed by atoms with van der Waals surface area (Å²) in [7, 11) is 0. The third-order valence-electron chi connectivity index (χ3n) is 5.48. The summed E-state index contributed by atoms with van der Waals surface area (Å²) in [5, 5.41) is 5.25. The molecule has 1 saturated heterocycles. The Kier molecular flexibility index (Phi) is 7.36. The van der Waals surface area contributed by atoms with Crippen molar-refractivity contribution in [1.29, 1.82) is 0 Å². The minimum absolute atomic E-state index is 0.0394. The van der Waals surface area contributed by atoms with Gasteiger partial charge in [0.05, 0.1) is 17.9 Å². The first-order chi connectivity index (χ1) is 15.5. The highest BCUT2D eigenvalue weighted by molar-refractivity contribution is 6.39. The van der Waals surface area contributed by atoms with Crippen molar-refractivity contribution in [2.45, 2.75) is 71.6 Å². The summed E-state index contributed by atoms with van der Waals surface area (Å²) in [6, 6.07) is 11.3. The van der Waals surface area contributed by atoms with Crippen LogP contribution in [0.2, 0.25) is 0 Å². The zero-order valence-electron chi connectivity index (χ0n) is 19.8. The molecule has 1 fully saturated rings. The van der Waals surface area contributed by atoms with E-state index in [0.29, 0.717) is 17.1 Å². The number of hydrogen-bond donors (Lipinski definition) is 2. The third kappa shape index (κ3) is 6.31. The minimum Gasteiger partial charge on any atom is -0.444 e. The molecule has 2 aromatic rings. The number of hydrogen-bond acceptors (Lipinski definition) is 5. The van der Waals surface area contributed by atoms with E-state index in [9.17, 15) is 14.4 Å². The summed E-state index contributed by atoms with van der Waals surface area (Å²) in [6.07, 6.45) is 3.46.